The summed E-state index contributed by atoms with van der Waals surface area (Å²) in [6.07, 6.45) is 3.86. The van der Waals surface area contributed by atoms with Crippen LogP contribution in [0.1, 0.15) is 39.5 Å². The van der Waals surface area contributed by atoms with Gasteiger partial charge in [-0.3, -0.25) is 4.79 Å². The molecule has 3 unspecified atom stereocenters. The Morgan fingerprint density at radius 2 is 2.14 bits per heavy atom. The molecule has 0 radical (unpaired) electrons. The fraction of sp³-hybridized carbons (Fsp3) is 0.562. The van der Waals surface area contributed by atoms with Crippen molar-refractivity contribution >= 4 is 17.5 Å². The standard InChI is InChI=1S/C16H21ClFNO2/c1-10-5-3-4-6-14(10)19-16(20)11(2)21-15-8-7-12(18)9-13(15)17/h7-11,14H,3-6H2,1-2H3,(H,19,20). The summed E-state index contributed by atoms with van der Waals surface area (Å²) in [6.45, 7) is 3.83. The zero-order valence-corrected chi connectivity index (χ0v) is 13.1. The van der Waals surface area contributed by atoms with Crippen molar-refractivity contribution in [1.29, 1.82) is 0 Å². The van der Waals surface area contributed by atoms with E-state index < -0.39 is 11.9 Å². The highest BCUT2D eigenvalue weighted by atomic mass is 35.5. The predicted molar refractivity (Wildman–Crippen MR) is 81.1 cm³/mol. The number of benzene rings is 1. The number of nitrogens with one attached hydrogen (secondary N) is 1. The fourth-order valence-electron chi connectivity index (χ4n) is 2.65. The molecule has 1 N–H and O–H groups in total. The molecule has 1 fully saturated rings. The van der Waals surface area contributed by atoms with Gasteiger partial charge in [-0.2, -0.15) is 0 Å². The molecule has 1 aliphatic carbocycles. The van der Waals surface area contributed by atoms with Crippen LogP contribution < -0.4 is 10.1 Å². The molecule has 1 aromatic rings. The number of carbonyl (C=O) groups excluding carboxylic acids is 1. The number of carbonyl (C=O) groups is 1. The lowest BCUT2D eigenvalue weighted by Gasteiger charge is -2.30. The third-order valence-corrected chi connectivity index (χ3v) is 4.30. The quantitative estimate of drug-likeness (QED) is 0.914. The van der Waals surface area contributed by atoms with Crippen molar-refractivity contribution < 1.29 is 13.9 Å². The summed E-state index contributed by atoms with van der Waals surface area (Å²) in [5, 5.41) is 3.21. The molecule has 3 atom stereocenters. The first kappa shape index (κ1) is 16.1. The average molecular weight is 314 g/mol. The molecule has 3 nitrogen and oxygen atoms in total. The Bertz CT molecular complexity index is 509. The second-order valence-electron chi connectivity index (χ2n) is 5.71. The highest BCUT2D eigenvalue weighted by molar-refractivity contribution is 6.32. The smallest absolute Gasteiger partial charge is 0.261 e. The van der Waals surface area contributed by atoms with E-state index >= 15 is 0 Å². The van der Waals surface area contributed by atoms with E-state index in [1.165, 1.54) is 24.6 Å². The summed E-state index contributed by atoms with van der Waals surface area (Å²) < 4.78 is 18.5. The van der Waals surface area contributed by atoms with Gasteiger partial charge in [-0.05, 0) is 43.9 Å². The van der Waals surface area contributed by atoms with Crippen molar-refractivity contribution in [2.45, 2.75) is 51.7 Å². The summed E-state index contributed by atoms with van der Waals surface area (Å²) in [5.74, 6) is 0.219. The molecule has 0 heterocycles. The topological polar surface area (TPSA) is 38.3 Å². The normalized spacial score (nSPS) is 23.4. The molecular weight excluding hydrogens is 293 g/mol. The van der Waals surface area contributed by atoms with Gasteiger partial charge >= 0.3 is 0 Å². The predicted octanol–water partition coefficient (Wildman–Crippen LogP) is 3.94. The molecule has 2 rings (SSSR count). The maximum Gasteiger partial charge on any atom is 0.261 e. The van der Waals surface area contributed by atoms with Gasteiger partial charge in [0, 0.05) is 6.04 Å². The first-order chi connectivity index (χ1) is 9.97. The van der Waals surface area contributed by atoms with Crippen molar-refractivity contribution in [3.8, 4) is 5.75 Å². The Hall–Kier alpha value is -1.29. The summed E-state index contributed by atoms with van der Waals surface area (Å²) in [5.41, 5.74) is 0. The minimum Gasteiger partial charge on any atom is -0.479 e. The maximum atomic E-state index is 13.0. The molecule has 0 saturated heterocycles. The van der Waals surface area contributed by atoms with Gasteiger partial charge in [-0.15, -0.1) is 0 Å². The lowest BCUT2D eigenvalue weighted by Crippen LogP contribution is -2.46. The van der Waals surface area contributed by atoms with Gasteiger partial charge in [0.2, 0.25) is 0 Å². The molecule has 1 saturated carbocycles. The minimum absolute atomic E-state index is 0.158. The third kappa shape index (κ3) is 4.34. The number of hydrogen-bond donors (Lipinski definition) is 1. The van der Waals surface area contributed by atoms with E-state index in [2.05, 4.69) is 12.2 Å². The highest BCUT2D eigenvalue weighted by Gasteiger charge is 2.25. The van der Waals surface area contributed by atoms with Crippen molar-refractivity contribution in [1.82, 2.24) is 5.32 Å². The largest absolute Gasteiger partial charge is 0.479 e. The van der Waals surface area contributed by atoms with Gasteiger partial charge in [0.05, 0.1) is 5.02 Å². The SMILES string of the molecule is CC(Oc1ccc(F)cc1Cl)C(=O)NC1CCCCC1C. The lowest BCUT2D eigenvalue weighted by molar-refractivity contribution is -0.128. The van der Waals surface area contributed by atoms with Gasteiger partial charge in [-0.25, -0.2) is 4.39 Å². The lowest BCUT2D eigenvalue weighted by atomic mass is 9.86. The van der Waals surface area contributed by atoms with Gasteiger partial charge < -0.3 is 10.1 Å². The molecule has 0 bridgehead atoms. The van der Waals surface area contributed by atoms with Crippen LogP contribution in [0.25, 0.3) is 0 Å². The molecular formula is C16H21ClFNO2. The Labute approximate surface area is 129 Å². The van der Waals surface area contributed by atoms with Crippen LogP contribution >= 0.6 is 11.6 Å². The van der Waals surface area contributed by atoms with Crippen LogP contribution in [0.4, 0.5) is 4.39 Å². The number of halogens is 2. The molecule has 5 heteroatoms. The van der Waals surface area contributed by atoms with Crippen LogP contribution in [-0.2, 0) is 4.79 Å². The van der Waals surface area contributed by atoms with Crippen molar-refractivity contribution in [2.24, 2.45) is 5.92 Å². The molecule has 1 aliphatic rings. The monoisotopic (exact) mass is 313 g/mol. The highest BCUT2D eigenvalue weighted by Crippen LogP contribution is 2.26. The maximum absolute atomic E-state index is 13.0. The van der Waals surface area contributed by atoms with Gasteiger partial charge in [0.15, 0.2) is 6.10 Å². The van der Waals surface area contributed by atoms with Crippen molar-refractivity contribution in [3.63, 3.8) is 0 Å². The van der Waals surface area contributed by atoms with Crippen LogP contribution in [-0.4, -0.2) is 18.1 Å². The Morgan fingerprint density at radius 1 is 1.43 bits per heavy atom. The second kappa shape index (κ2) is 7.12. The molecule has 1 amide bonds. The van der Waals surface area contributed by atoms with E-state index in [1.54, 1.807) is 6.92 Å². The average Bonchev–Trinajstić information content (AvgIpc) is 2.44. The Kier molecular flexibility index (Phi) is 5.45. The molecule has 116 valence electrons. The van der Waals surface area contributed by atoms with Gasteiger partial charge in [0.1, 0.15) is 11.6 Å². The van der Waals surface area contributed by atoms with E-state index in [0.29, 0.717) is 11.7 Å². The van der Waals surface area contributed by atoms with Crippen molar-refractivity contribution in [3.05, 3.63) is 29.0 Å². The van der Waals surface area contributed by atoms with Crippen LogP contribution in [0.5, 0.6) is 5.75 Å². The van der Waals surface area contributed by atoms with E-state index in [4.69, 9.17) is 16.3 Å². The summed E-state index contributed by atoms with van der Waals surface area (Å²) >= 11 is 5.90. The molecule has 0 aliphatic heterocycles. The minimum atomic E-state index is -0.665. The molecule has 0 spiro atoms. The number of ether oxygens (including phenoxy) is 1. The second-order valence-corrected chi connectivity index (χ2v) is 6.12. The Balaban J connectivity index is 1.92. The first-order valence-corrected chi connectivity index (χ1v) is 7.77. The van der Waals surface area contributed by atoms with Crippen molar-refractivity contribution in [2.75, 3.05) is 0 Å². The van der Waals surface area contributed by atoms with Crippen LogP contribution in [0, 0.1) is 11.7 Å². The zero-order chi connectivity index (χ0) is 15.4. The molecule has 21 heavy (non-hydrogen) atoms. The fourth-order valence-corrected chi connectivity index (χ4v) is 2.86. The van der Waals surface area contributed by atoms with Gasteiger partial charge in [0.25, 0.3) is 5.91 Å². The number of amides is 1. The Morgan fingerprint density at radius 3 is 2.81 bits per heavy atom. The van der Waals surface area contributed by atoms with Crippen LogP contribution in [0.15, 0.2) is 18.2 Å². The zero-order valence-electron chi connectivity index (χ0n) is 12.4. The van der Waals surface area contributed by atoms with Gasteiger partial charge in [-0.1, -0.05) is 31.4 Å². The number of hydrogen-bond acceptors (Lipinski definition) is 2. The third-order valence-electron chi connectivity index (χ3n) is 4.01. The van der Waals surface area contributed by atoms with E-state index in [-0.39, 0.29) is 17.0 Å². The van der Waals surface area contributed by atoms with Crippen LogP contribution in [0.3, 0.4) is 0 Å². The summed E-state index contributed by atoms with van der Waals surface area (Å²) in [7, 11) is 0. The molecule has 0 aromatic heterocycles. The summed E-state index contributed by atoms with van der Waals surface area (Å²) in [4.78, 5) is 12.2. The first-order valence-electron chi connectivity index (χ1n) is 7.39. The van der Waals surface area contributed by atoms with Crippen LogP contribution in [0.2, 0.25) is 5.02 Å². The summed E-state index contributed by atoms with van der Waals surface area (Å²) in [6, 6.07) is 4.07. The number of rotatable bonds is 4. The van der Waals surface area contributed by atoms with E-state index in [9.17, 15) is 9.18 Å². The van der Waals surface area contributed by atoms with E-state index in [1.807, 2.05) is 0 Å². The molecule has 1 aromatic carbocycles. The van der Waals surface area contributed by atoms with E-state index in [0.717, 1.165) is 19.3 Å².